The Hall–Kier alpha value is -2.16. The summed E-state index contributed by atoms with van der Waals surface area (Å²) < 4.78 is 13.9. The second-order valence-electron chi connectivity index (χ2n) is 7.40. The number of hydrogen-bond acceptors (Lipinski definition) is 2. The van der Waals surface area contributed by atoms with Crippen LogP contribution in [0.2, 0.25) is 0 Å². The molecular formula is C23H30FIN4O. The Morgan fingerprint density at radius 3 is 2.67 bits per heavy atom. The zero-order valence-corrected chi connectivity index (χ0v) is 20.1. The summed E-state index contributed by atoms with van der Waals surface area (Å²) in [6.45, 7) is 7.75. The molecular weight excluding hydrogens is 494 g/mol. The van der Waals surface area contributed by atoms with E-state index in [1.54, 1.807) is 13.0 Å². The molecule has 1 aliphatic rings. The molecule has 0 saturated heterocycles. The van der Waals surface area contributed by atoms with Gasteiger partial charge in [-0.1, -0.05) is 36.4 Å². The largest absolute Gasteiger partial charge is 0.357 e. The lowest BCUT2D eigenvalue weighted by Crippen LogP contribution is -2.41. The van der Waals surface area contributed by atoms with Crippen LogP contribution in [0.25, 0.3) is 0 Å². The van der Waals surface area contributed by atoms with Crippen molar-refractivity contribution in [1.29, 1.82) is 0 Å². The summed E-state index contributed by atoms with van der Waals surface area (Å²) in [4.78, 5) is 19.0. The van der Waals surface area contributed by atoms with Crippen LogP contribution in [0.15, 0.2) is 47.5 Å². The predicted octanol–water partition coefficient (Wildman–Crippen LogP) is 3.95. The summed E-state index contributed by atoms with van der Waals surface area (Å²) in [6.07, 6.45) is 0.875. The Morgan fingerprint density at radius 1 is 1.23 bits per heavy atom. The lowest BCUT2D eigenvalue weighted by atomic mass is 10.00. The molecule has 1 heterocycles. The first-order valence-corrected chi connectivity index (χ1v) is 10.1. The minimum atomic E-state index is -0.223. The number of aryl methyl sites for hydroxylation is 1. The molecule has 162 valence electrons. The van der Waals surface area contributed by atoms with Crippen LogP contribution >= 0.6 is 24.0 Å². The minimum absolute atomic E-state index is 0. The Bertz CT molecular complexity index is 903. The van der Waals surface area contributed by atoms with E-state index in [2.05, 4.69) is 27.8 Å². The zero-order chi connectivity index (χ0) is 20.8. The van der Waals surface area contributed by atoms with Gasteiger partial charge < -0.3 is 15.5 Å². The van der Waals surface area contributed by atoms with E-state index in [-0.39, 0.29) is 48.3 Å². The quantitative estimate of drug-likeness (QED) is 0.354. The number of nitrogens with zero attached hydrogens (tertiary/aromatic N) is 2. The Kier molecular flexibility index (Phi) is 9.08. The van der Waals surface area contributed by atoms with Gasteiger partial charge in [0, 0.05) is 19.6 Å². The van der Waals surface area contributed by atoms with E-state index in [1.807, 2.05) is 36.9 Å². The maximum atomic E-state index is 13.9. The summed E-state index contributed by atoms with van der Waals surface area (Å²) in [6, 6.07) is 13.3. The van der Waals surface area contributed by atoms with Crippen LogP contribution < -0.4 is 10.6 Å². The summed E-state index contributed by atoms with van der Waals surface area (Å²) in [5.41, 5.74) is 3.97. The molecule has 0 fully saturated rings. The minimum Gasteiger partial charge on any atom is -0.357 e. The number of halogens is 2. The van der Waals surface area contributed by atoms with E-state index in [4.69, 9.17) is 0 Å². The van der Waals surface area contributed by atoms with Crippen LogP contribution in [0.3, 0.4) is 0 Å². The number of carbonyl (C=O) groups excluding carboxylic acids is 1. The molecule has 0 bridgehead atoms. The van der Waals surface area contributed by atoms with Crippen molar-refractivity contribution in [2.24, 2.45) is 4.99 Å². The van der Waals surface area contributed by atoms with Gasteiger partial charge in [-0.25, -0.2) is 9.38 Å². The third-order valence-electron chi connectivity index (χ3n) is 5.25. The number of amides is 1. The first-order chi connectivity index (χ1) is 14.0. The van der Waals surface area contributed by atoms with E-state index in [0.29, 0.717) is 31.2 Å². The van der Waals surface area contributed by atoms with Crippen LogP contribution in [0.5, 0.6) is 0 Å². The van der Waals surface area contributed by atoms with Crippen LogP contribution in [0.4, 0.5) is 4.39 Å². The van der Waals surface area contributed by atoms with Crippen molar-refractivity contribution < 1.29 is 9.18 Å². The maximum absolute atomic E-state index is 13.9. The average Bonchev–Trinajstić information content (AvgIpc) is 2.73. The van der Waals surface area contributed by atoms with Gasteiger partial charge in [-0.05, 0) is 55.5 Å². The molecule has 0 aromatic heterocycles. The maximum Gasteiger partial charge on any atom is 0.244 e. The van der Waals surface area contributed by atoms with Gasteiger partial charge in [0.25, 0.3) is 0 Å². The Morgan fingerprint density at radius 2 is 1.97 bits per heavy atom. The summed E-state index contributed by atoms with van der Waals surface area (Å²) in [5, 5.41) is 6.41. The number of nitrogens with one attached hydrogen (secondary N) is 2. The average molecular weight is 524 g/mol. The number of guanidine groups is 1. The molecule has 30 heavy (non-hydrogen) atoms. The van der Waals surface area contributed by atoms with Crippen LogP contribution in [0, 0.1) is 12.7 Å². The smallest absolute Gasteiger partial charge is 0.244 e. The summed E-state index contributed by atoms with van der Waals surface area (Å²) >= 11 is 0. The second kappa shape index (κ2) is 11.3. The van der Waals surface area contributed by atoms with Gasteiger partial charge in [0.05, 0.1) is 6.04 Å². The summed E-state index contributed by atoms with van der Waals surface area (Å²) in [7, 11) is 0. The highest BCUT2D eigenvalue weighted by Gasteiger charge is 2.20. The molecule has 2 aromatic carbocycles. The Labute approximate surface area is 195 Å². The zero-order valence-electron chi connectivity index (χ0n) is 17.7. The number of rotatable bonds is 5. The topological polar surface area (TPSA) is 56.7 Å². The van der Waals surface area contributed by atoms with Gasteiger partial charge in [0.15, 0.2) is 5.96 Å². The molecule has 0 aliphatic carbocycles. The number of benzene rings is 2. The van der Waals surface area contributed by atoms with Gasteiger partial charge in [0.1, 0.15) is 12.4 Å². The van der Waals surface area contributed by atoms with Crippen molar-refractivity contribution >= 4 is 35.8 Å². The fourth-order valence-electron chi connectivity index (χ4n) is 3.44. The molecule has 0 radical (unpaired) electrons. The van der Waals surface area contributed by atoms with Gasteiger partial charge >= 0.3 is 0 Å². The SMILES string of the molecule is CCNC(=NCC(=O)N1CCc2ccccc2C1)NC(C)c1ccc(C)c(F)c1.I. The standard InChI is InChI=1S/C23H29FN4O.HI/c1-4-25-23(27-17(3)19-10-9-16(2)21(24)13-19)26-14-22(29)28-12-11-18-7-5-6-8-20(18)15-28;/h5-10,13,17H,4,11-12,14-15H2,1-3H3,(H2,25,26,27);1H. The lowest BCUT2D eigenvalue weighted by Gasteiger charge is -2.28. The van der Waals surface area contributed by atoms with Crippen molar-refractivity contribution in [1.82, 2.24) is 15.5 Å². The third kappa shape index (κ3) is 6.17. The van der Waals surface area contributed by atoms with Crippen LogP contribution in [0.1, 0.15) is 42.1 Å². The van der Waals surface area contributed by atoms with Gasteiger partial charge in [0.2, 0.25) is 5.91 Å². The molecule has 0 spiro atoms. The van der Waals surface area contributed by atoms with Gasteiger partial charge in [-0.15, -0.1) is 24.0 Å². The Balaban J connectivity index is 0.00000320. The summed E-state index contributed by atoms with van der Waals surface area (Å²) in [5.74, 6) is 0.330. The van der Waals surface area contributed by atoms with E-state index in [1.165, 1.54) is 17.2 Å². The first kappa shape index (κ1) is 24.1. The van der Waals surface area contributed by atoms with Crippen LogP contribution in [-0.2, 0) is 17.8 Å². The van der Waals surface area contributed by atoms with E-state index >= 15 is 0 Å². The number of hydrogen-bond donors (Lipinski definition) is 2. The number of aliphatic imine (C=N–C) groups is 1. The highest BCUT2D eigenvalue weighted by atomic mass is 127. The molecule has 1 aliphatic heterocycles. The molecule has 7 heteroatoms. The number of carbonyl (C=O) groups is 1. The second-order valence-corrected chi connectivity index (χ2v) is 7.40. The fraction of sp³-hybridized carbons (Fsp3) is 0.391. The monoisotopic (exact) mass is 524 g/mol. The first-order valence-electron chi connectivity index (χ1n) is 10.1. The molecule has 1 amide bonds. The third-order valence-corrected chi connectivity index (χ3v) is 5.25. The van der Waals surface area contributed by atoms with E-state index in [9.17, 15) is 9.18 Å². The fourth-order valence-corrected chi connectivity index (χ4v) is 3.44. The number of fused-ring (bicyclic) bond motifs is 1. The van der Waals surface area contributed by atoms with Crippen molar-refractivity contribution in [3.63, 3.8) is 0 Å². The van der Waals surface area contributed by atoms with Crippen molar-refractivity contribution in [2.45, 2.75) is 39.8 Å². The molecule has 0 saturated carbocycles. The van der Waals surface area contributed by atoms with E-state index in [0.717, 1.165) is 12.0 Å². The molecule has 1 atom stereocenters. The molecule has 1 unspecified atom stereocenters. The highest BCUT2D eigenvalue weighted by molar-refractivity contribution is 14.0. The molecule has 2 N–H and O–H groups in total. The van der Waals surface area contributed by atoms with Crippen molar-refractivity contribution in [3.8, 4) is 0 Å². The van der Waals surface area contributed by atoms with E-state index < -0.39 is 0 Å². The lowest BCUT2D eigenvalue weighted by molar-refractivity contribution is -0.130. The van der Waals surface area contributed by atoms with Crippen molar-refractivity contribution in [3.05, 3.63) is 70.5 Å². The molecule has 5 nitrogen and oxygen atoms in total. The highest BCUT2D eigenvalue weighted by Crippen LogP contribution is 2.19. The van der Waals surface area contributed by atoms with Crippen molar-refractivity contribution in [2.75, 3.05) is 19.6 Å². The van der Waals surface area contributed by atoms with Gasteiger partial charge in [-0.3, -0.25) is 4.79 Å². The molecule has 3 rings (SSSR count). The molecule has 2 aromatic rings. The van der Waals surface area contributed by atoms with Gasteiger partial charge in [-0.2, -0.15) is 0 Å². The predicted molar refractivity (Wildman–Crippen MR) is 130 cm³/mol. The van der Waals surface area contributed by atoms with Crippen LogP contribution in [-0.4, -0.2) is 36.4 Å². The normalized spacial score (nSPS) is 14.4.